The van der Waals surface area contributed by atoms with Crippen molar-refractivity contribution in [1.82, 2.24) is 5.32 Å². The summed E-state index contributed by atoms with van der Waals surface area (Å²) in [5, 5.41) is 2.88. The number of ether oxygens (including phenoxy) is 1. The summed E-state index contributed by atoms with van der Waals surface area (Å²) in [6.45, 7) is 5.82. The van der Waals surface area contributed by atoms with Crippen molar-refractivity contribution in [3.05, 3.63) is 95.1 Å². The molecule has 3 aromatic carbocycles. The van der Waals surface area contributed by atoms with E-state index in [0.29, 0.717) is 25.3 Å². The first-order chi connectivity index (χ1) is 20.5. The van der Waals surface area contributed by atoms with Crippen LogP contribution in [0.1, 0.15) is 72.5 Å². The third-order valence-electron chi connectivity index (χ3n) is 7.94. The molecule has 1 unspecified atom stereocenters. The fourth-order valence-electron chi connectivity index (χ4n) is 5.27. The molecule has 1 fully saturated rings. The zero-order chi connectivity index (χ0) is 31.0. The first-order valence-corrected chi connectivity index (χ1v) is 16.4. The van der Waals surface area contributed by atoms with Crippen LogP contribution in [0.3, 0.4) is 0 Å². The highest BCUT2D eigenvalue weighted by Crippen LogP contribution is 2.36. The van der Waals surface area contributed by atoms with Crippen molar-refractivity contribution in [3.63, 3.8) is 0 Å². The molecule has 0 bridgehead atoms. The molecular weight excluding hydrogens is 577 g/mol. The monoisotopic (exact) mass is 616 g/mol. The molecule has 1 aliphatic heterocycles. The van der Waals surface area contributed by atoms with Gasteiger partial charge in [0.05, 0.1) is 28.9 Å². The van der Waals surface area contributed by atoms with Gasteiger partial charge in [0.15, 0.2) is 9.84 Å². The molecule has 10 heteroatoms. The number of alkyl halides is 3. The van der Waals surface area contributed by atoms with Gasteiger partial charge in [-0.3, -0.25) is 4.79 Å². The summed E-state index contributed by atoms with van der Waals surface area (Å²) in [5.41, 5.74) is 2.42. The molecule has 3 aromatic rings. The van der Waals surface area contributed by atoms with Crippen molar-refractivity contribution in [2.75, 3.05) is 30.4 Å². The highest BCUT2D eigenvalue weighted by Gasteiger charge is 2.32. The SMILES string of the molecule is CCCCOC[C@@H]1CCC(c2ccc(C(F)(F)F)cc2)CN1c1ccc(C(=O)NCc2ccc(S(=O)(=O)CC)cc2)cc1. The van der Waals surface area contributed by atoms with Gasteiger partial charge in [-0.2, -0.15) is 13.2 Å². The van der Waals surface area contributed by atoms with E-state index in [0.717, 1.165) is 54.6 Å². The first kappa shape index (κ1) is 32.5. The molecule has 0 aliphatic carbocycles. The predicted molar refractivity (Wildman–Crippen MR) is 162 cm³/mol. The number of nitrogens with one attached hydrogen (secondary N) is 1. The van der Waals surface area contributed by atoms with Gasteiger partial charge in [-0.1, -0.05) is 44.5 Å². The Morgan fingerprint density at radius 1 is 0.953 bits per heavy atom. The zero-order valence-electron chi connectivity index (χ0n) is 24.6. The van der Waals surface area contributed by atoms with Gasteiger partial charge in [0.1, 0.15) is 0 Å². The van der Waals surface area contributed by atoms with E-state index in [4.69, 9.17) is 4.74 Å². The maximum Gasteiger partial charge on any atom is 0.416 e. The second-order valence-corrected chi connectivity index (χ2v) is 13.2. The van der Waals surface area contributed by atoms with Crippen LogP contribution in [0.25, 0.3) is 0 Å². The number of carbonyl (C=O) groups is 1. The van der Waals surface area contributed by atoms with E-state index in [2.05, 4.69) is 17.1 Å². The predicted octanol–water partition coefficient (Wildman–Crippen LogP) is 7.00. The van der Waals surface area contributed by atoms with Crippen LogP contribution in [0, 0.1) is 0 Å². The lowest BCUT2D eigenvalue weighted by Gasteiger charge is -2.41. The van der Waals surface area contributed by atoms with E-state index in [1.165, 1.54) is 0 Å². The summed E-state index contributed by atoms with van der Waals surface area (Å²) < 4.78 is 69.3. The summed E-state index contributed by atoms with van der Waals surface area (Å²) in [6.07, 6.45) is -0.672. The van der Waals surface area contributed by atoms with Crippen molar-refractivity contribution in [2.24, 2.45) is 0 Å². The van der Waals surface area contributed by atoms with E-state index in [1.807, 2.05) is 12.1 Å². The number of nitrogens with zero attached hydrogens (tertiary/aromatic N) is 1. The highest BCUT2D eigenvalue weighted by molar-refractivity contribution is 7.91. The second-order valence-electron chi connectivity index (χ2n) is 10.9. The van der Waals surface area contributed by atoms with E-state index in [1.54, 1.807) is 55.5 Å². The third kappa shape index (κ3) is 8.60. The molecule has 1 aliphatic rings. The smallest absolute Gasteiger partial charge is 0.379 e. The first-order valence-electron chi connectivity index (χ1n) is 14.7. The van der Waals surface area contributed by atoms with Gasteiger partial charge >= 0.3 is 6.18 Å². The molecule has 0 radical (unpaired) electrons. The van der Waals surface area contributed by atoms with E-state index >= 15 is 0 Å². The largest absolute Gasteiger partial charge is 0.416 e. The van der Waals surface area contributed by atoms with Crippen LogP contribution in [0.5, 0.6) is 0 Å². The molecule has 232 valence electrons. The average Bonchev–Trinajstić information content (AvgIpc) is 3.02. The van der Waals surface area contributed by atoms with E-state index in [9.17, 15) is 26.4 Å². The lowest BCUT2D eigenvalue weighted by Crippen LogP contribution is -2.45. The number of hydrogen-bond acceptors (Lipinski definition) is 5. The van der Waals surface area contributed by atoms with Crippen LogP contribution in [-0.2, 0) is 27.3 Å². The standard InChI is InChI=1S/C33H39F3N2O4S/c1-3-5-20-42-23-30-17-12-27(25-8-13-28(14-9-25)33(34,35)36)22-38(30)29-15-10-26(11-16-29)32(39)37-21-24-6-18-31(19-7-24)43(40,41)4-2/h6-11,13-16,18-19,27,30H,3-5,12,17,20-23H2,1-2H3,(H,37,39)/t27?,30-/m0/s1. The van der Waals surface area contributed by atoms with Crippen LogP contribution in [0.4, 0.5) is 18.9 Å². The Morgan fingerprint density at radius 2 is 1.63 bits per heavy atom. The summed E-state index contributed by atoms with van der Waals surface area (Å²) in [6, 6.07) is 19.4. The van der Waals surface area contributed by atoms with Crippen molar-refractivity contribution in [3.8, 4) is 0 Å². The fourth-order valence-corrected chi connectivity index (χ4v) is 6.15. The molecule has 1 N–H and O–H groups in total. The summed E-state index contributed by atoms with van der Waals surface area (Å²) >= 11 is 0. The molecular formula is C33H39F3N2O4S. The number of halogens is 3. The Kier molecular flexibility index (Phi) is 10.9. The number of piperidine rings is 1. The number of unbranched alkanes of at least 4 members (excludes halogenated alkanes) is 1. The minimum absolute atomic E-state index is 0.0266. The summed E-state index contributed by atoms with van der Waals surface area (Å²) in [5.74, 6) is -0.160. The second kappa shape index (κ2) is 14.4. The summed E-state index contributed by atoms with van der Waals surface area (Å²) in [4.78, 5) is 15.4. The van der Waals surface area contributed by atoms with Crippen LogP contribution >= 0.6 is 0 Å². The number of carbonyl (C=O) groups excluding carboxylic acids is 1. The van der Waals surface area contributed by atoms with Gasteiger partial charge in [0, 0.05) is 36.9 Å². The molecule has 1 amide bonds. The number of sulfone groups is 1. The Labute approximate surface area is 252 Å². The van der Waals surface area contributed by atoms with Crippen LogP contribution in [0.2, 0.25) is 0 Å². The van der Waals surface area contributed by atoms with Crippen molar-refractivity contribution in [1.29, 1.82) is 0 Å². The van der Waals surface area contributed by atoms with Crippen molar-refractivity contribution >= 4 is 21.4 Å². The Bertz CT molecular complexity index is 1440. The number of anilines is 1. The van der Waals surface area contributed by atoms with E-state index < -0.39 is 21.6 Å². The Hall–Kier alpha value is -3.37. The lowest BCUT2D eigenvalue weighted by atomic mass is 9.86. The summed E-state index contributed by atoms with van der Waals surface area (Å²) in [7, 11) is -3.28. The number of rotatable bonds is 12. The maximum absolute atomic E-state index is 13.1. The Balaban J connectivity index is 1.43. The molecule has 1 heterocycles. The fraction of sp³-hybridized carbons (Fsp3) is 0.424. The van der Waals surface area contributed by atoms with E-state index in [-0.39, 0.29) is 35.1 Å². The van der Waals surface area contributed by atoms with Gasteiger partial charge in [-0.05, 0) is 78.9 Å². The quantitative estimate of drug-likeness (QED) is 0.222. The van der Waals surface area contributed by atoms with Gasteiger partial charge in [0.2, 0.25) is 0 Å². The van der Waals surface area contributed by atoms with Gasteiger partial charge in [0.25, 0.3) is 5.91 Å². The molecule has 43 heavy (non-hydrogen) atoms. The number of hydrogen-bond donors (Lipinski definition) is 1. The Morgan fingerprint density at radius 3 is 2.23 bits per heavy atom. The molecule has 0 saturated carbocycles. The van der Waals surface area contributed by atoms with Gasteiger partial charge in [-0.25, -0.2) is 8.42 Å². The topological polar surface area (TPSA) is 75.7 Å². The van der Waals surface area contributed by atoms with Gasteiger partial charge in [-0.15, -0.1) is 0 Å². The molecule has 6 nitrogen and oxygen atoms in total. The average molecular weight is 617 g/mol. The molecule has 4 rings (SSSR count). The van der Waals surface area contributed by atoms with Crippen LogP contribution < -0.4 is 10.2 Å². The molecule has 1 saturated heterocycles. The minimum Gasteiger partial charge on any atom is -0.379 e. The van der Waals surface area contributed by atoms with Crippen LogP contribution in [-0.4, -0.2) is 45.9 Å². The van der Waals surface area contributed by atoms with Gasteiger partial charge < -0.3 is 15.0 Å². The van der Waals surface area contributed by atoms with Crippen molar-refractivity contribution in [2.45, 2.75) is 69.1 Å². The van der Waals surface area contributed by atoms with Crippen LogP contribution in [0.15, 0.2) is 77.7 Å². The highest BCUT2D eigenvalue weighted by atomic mass is 32.2. The molecule has 0 spiro atoms. The van der Waals surface area contributed by atoms with Crippen molar-refractivity contribution < 1.29 is 31.1 Å². The number of benzene rings is 3. The zero-order valence-corrected chi connectivity index (χ0v) is 25.4. The molecule has 2 atom stereocenters. The minimum atomic E-state index is -4.37. The lowest BCUT2D eigenvalue weighted by molar-refractivity contribution is -0.137. The normalized spacial score (nSPS) is 17.6. The maximum atomic E-state index is 13.1. The number of amides is 1. The third-order valence-corrected chi connectivity index (χ3v) is 9.70. The molecule has 0 aromatic heterocycles.